The van der Waals surface area contributed by atoms with E-state index in [1.165, 1.54) is 32.6 Å². The Morgan fingerprint density at radius 3 is 1.53 bits per heavy atom. The van der Waals surface area contributed by atoms with Crippen LogP contribution in [0.25, 0.3) is 0 Å². The molecule has 0 aliphatic heterocycles. The zero-order valence-corrected chi connectivity index (χ0v) is 11.3. The van der Waals surface area contributed by atoms with Crippen LogP contribution in [0.15, 0.2) is 0 Å². The van der Waals surface area contributed by atoms with E-state index in [1.807, 2.05) is 0 Å². The molecule has 0 bridgehead atoms. The molecule has 0 saturated heterocycles. The maximum Gasteiger partial charge on any atom is 0.0106 e. The first-order valence-corrected chi connectivity index (χ1v) is 6.15. The lowest BCUT2D eigenvalue weighted by molar-refractivity contribution is 0.247. The maximum atomic E-state index is 2.43. The molecular formula is C12H29N3. The van der Waals surface area contributed by atoms with Crippen molar-refractivity contribution in [2.75, 3.05) is 60.4 Å². The van der Waals surface area contributed by atoms with E-state index in [-0.39, 0.29) is 0 Å². The largest absolute Gasteiger partial charge is 0.307 e. The number of hydrogen-bond acceptors (Lipinski definition) is 3. The molecule has 0 amide bonds. The summed E-state index contributed by atoms with van der Waals surface area (Å²) in [6, 6.07) is 0. The minimum atomic E-state index is 1.15. The van der Waals surface area contributed by atoms with Crippen LogP contribution in [0.2, 0.25) is 0 Å². The molecule has 3 nitrogen and oxygen atoms in total. The van der Waals surface area contributed by atoms with Crippen molar-refractivity contribution in [2.45, 2.75) is 20.3 Å². The lowest BCUT2D eigenvalue weighted by Crippen LogP contribution is -2.32. The Morgan fingerprint density at radius 2 is 1.00 bits per heavy atom. The first-order chi connectivity index (χ1) is 7.10. The third kappa shape index (κ3) is 8.85. The van der Waals surface area contributed by atoms with Crippen molar-refractivity contribution in [1.29, 1.82) is 0 Å². The molecule has 0 unspecified atom stereocenters. The van der Waals surface area contributed by atoms with E-state index in [0.29, 0.717) is 0 Å². The minimum Gasteiger partial charge on any atom is -0.307 e. The van der Waals surface area contributed by atoms with Gasteiger partial charge in [-0.05, 0) is 53.7 Å². The summed E-state index contributed by atoms with van der Waals surface area (Å²) in [7, 11) is 6.58. The second-order valence-corrected chi connectivity index (χ2v) is 4.45. The van der Waals surface area contributed by atoms with Crippen LogP contribution < -0.4 is 0 Å². The van der Waals surface area contributed by atoms with E-state index < -0.39 is 0 Å². The number of hydrogen-bond donors (Lipinski definition) is 0. The van der Waals surface area contributed by atoms with E-state index in [0.717, 1.165) is 13.1 Å². The molecule has 0 rings (SSSR count). The Balaban J connectivity index is 3.37. The van der Waals surface area contributed by atoms with E-state index in [2.05, 4.69) is 49.7 Å². The van der Waals surface area contributed by atoms with Crippen molar-refractivity contribution in [3.63, 3.8) is 0 Å². The second-order valence-electron chi connectivity index (χ2n) is 4.45. The standard InChI is InChI=1S/C12H29N3/c1-6-13(3)9-8-10-15(5)12-11-14(4)7-2/h6-12H2,1-5H3. The van der Waals surface area contributed by atoms with Crippen LogP contribution >= 0.6 is 0 Å². The predicted molar refractivity (Wildman–Crippen MR) is 68.5 cm³/mol. The normalized spacial score (nSPS) is 12.0. The molecule has 0 heterocycles. The Hall–Kier alpha value is -0.120. The lowest BCUT2D eigenvalue weighted by Gasteiger charge is -2.22. The minimum absolute atomic E-state index is 1.15. The second kappa shape index (κ2) is 9.13. The fraction of sp³-hybridized carbons (Fsp3) is 1.00. The summed E-state index contributed by atoms with van der Waals surface area (Å²) in [4.78, 5) is 7.15. The summed E-state index contributed by atoms with van der Waals surface area (Å²) < 4.78 is 0. The Labute approximate surface area is 96.0 Å². The van der Waals surface area contributed by atoms with Gasteiger partial charge in [-0.3, -0.25) is 0 Å². The topological polar surface area (TPSA) is 9.72 Å². The number of likely N-dealkylation sites (N-methyl/N-ethyl adjacent to an activating group) is 2. The van der Waals surface area contributed by atoms with Crippen molar-refractivity contribution < 1.29 is 0 Å². The van der Waals surface area contributed by atoms with Crippen LogP contribution in [-0.2, 0) is 0 Å². The predicted octanol–water partition coefficient (Wildman–Crippen LogP) is 1.21. The fourth-order valence-corrected chi connectivity index (χ4v) is 1.38. The quantitative estimate of drug-likeness (QED) is 0.572. The Morgan fingerprint density at radius 1 is 0.600 bits per heavy atom. The highest BCUT2D eigenvalue weighted by atomic mass is 15.2. The average Bonchev–Trinajstić information content (AvgIpc) is 2.25. The molecule has 0 aromatic carbocycles. The summed E-state index contributed by atoms with van der Waals surface area (Å²) in [5, 5.41) is 0. The summed E-state index contributed by atoms with van der Waals surface area (Å²) in [5.74, 6) is 0. The van der Waals surface area contributed by atoms with Crippen molar-refractivity contribution in [2.24, 2.45) is 0 Å². The highest BCUT2D eigenvalue weighted by Gasteiger charge is 2.01. The van der Waals surface area contributed by atoms with Crippen LogP contribution in [0.5, 0.6) is 0 Å². The monoisotopic (exact) mass is 215 g/mol. The van der Waals surface area contributed by atoms with E-state index in [9.17, 15) is 0 Å². The summed E-state index contributed by atoms with van der Waals surface area (Å²) in [6.45, 7) is 11.5. The zero-order valence-electron chi connectivity index (χ0n) is 11.3. The Kier molecular flexibility index (Phi) is 9.06. The molecule has 0 aliphatic carbocycles. The molecule has 3 heteroatoms. The van der Waals surface area contributed by atoms with Gasteiger partial charge < -0.3 is 14.7 Å². The number of rotatable bonds is 9. The van der Waals surface area contributed by atoms with E-state index in [4.69, 9.17) is 0 Å². The van der Waals surface area contributed by atoms with Crippen LogP contribution in [0, 0.1) is 0 Å². The zero-order chi connectivity index (χ0) is 11.7. The first kappa shape index (κ1) is 14.9. The van der Waals surface area contributed by atoms with Crippen LogP contribution in [0.3, 0.4) is 0 Å². The average molecular weight is 215 g/mol. The molecule has 0 aromatic heterocycles. The highest BCUT2D eigenvalue weighted by Crippen LogP contribution is 1.92. The fourth-order valence-electron chi connectivity index (χ4n) is 1.38. The third-order valence-electron chi connectivity index (χ3n) is 3.02. The third-order valence-corrected chi connectivity index (χ3v) is 3.02. The molecule has 0 atom stereocenters. The smallest absolute Gasteiger partial charge is 0.0106 e. The van der Waals surface area contributed by atoms with Gasteiger partial charge in [0.05, 0.1) is 0 Å². The van der Waals surface area contributed by atoms with Gasteiger partial charge in [-0.2, -0.15) is 0 Å². The van der Waals surface area contributed by atoms with Crippen molar-refractivity contribution in [1.82, 2.24) is 14.7 Å². The summed E-state index contributed by atoms with van der Waals surface area (Å²) >= 11 is 0. The highest BCUT2D eigenvalue weighted by molar-refractivity contribution is 4.57. The molecule has 0 aliphatic rings. The van der Waals surface area contributed by atoms with Crippen LogP contribution in [-0.4, -0.2) is 75.1 Å². The van der Waals surface area contributed by atoms with Gasteiger partial charge in [0, 0.05) is 13.1 Å². The molecule has 0 aromatic rings. The van der Waals surface area contributed by atoms with Crippen molar-refractivity contribution in [3.8, 4) is 0 Å². The van der Waals surface area contributed by atoms with Gasteiger partial charge in [-0.1, -0.05) is 13.8 Å². The van der Waals surface area contributed by atoms with E-state index >= 15 is 0 Å². The molecule has 0 N–H and O–H groups in total. The number of nitrogens with zero attached hydrogens (tertiary/aromatic N) is 3. The maximum absolute atomic E-state index is 2.43. The molecule has 0 spiro atoms. The molecule has 15 heavy (non-hydrogen) atoms. The first-order valence-electron chi connectivity index (χ1n) is 6.15. The lowest BCUT2D eigenvalue weighted by atomic mass is 10.3. The van der Waals surface area contributed by atoms with Crippen molar-refractivity contribution >= 4 is 0 Å². The van der Waals surface area contributed by atoms with Crippen LogP contribution in [0.1, 0.15) is 20.3 Å². The van der Waals surface area contributed by atoms with Gasteiger partial charge >= 0.3 is 0 Å². The van der Waals surface area contributed by atoms with Gasteiger partial charge in [0.1, 0.15) is 0 Å². The van der Waals surface area contributed by atoms with E-state index in [1.54, 1.807) is 0 Å². The van der Waals surface area contributed by atoms with Gasteiger partial charge in [-0.15, -0.1) is 0 Å². The summed E-state index contributed by atoms with van der Waals surface area (Å²) in [6.07, 6.45) is 1.27. The van der Waals surface area contributed by atoms with Crippen molar-refractivity contribution in [3.05, 3.63) is 0 Å². The van der Waals surface area contributed by atoms with Crippen LogP contribution in [0.4, 0.5) is 0 Å². The molecule has 0 fully saturated rings. The van der Waals surface area contributed by atoms with Gasteiger partial charge in [0.15, 0.2) is 0 Å². The molecule has 0 radical (unpaired) electrons. The van der Waals surface area contributed by atoms with Gasteiger partial charge in [-0.25, -0.2) is 0 Å². The summed E-state index contributed by atoms with van der Waals surface area (Å²) in [5.41, 5.74) is 0. The molecular weight excluding hydrogens is 186 g/mol. The van der Waals surface area contributed by atoms with Gasteiger partial charge in [0.2, 0.25) is 0 Å². The van der Waals surface area contributed by atoms with Gasteiger partial charge in [0.25, 0.3) is 0 Å². The Bertz CT molecular complexity index is 139. The molecule has 92 valence electrons. The molecule has 0 saturated carbocycles. The SMILES string of the molecule is CCN(C)CCCN(C)CCN(C)CC.